The van der Waals surface area contributed by atoms with Crippen molar-refractivity contribution in [1.82, 2.24) is 5.32 Å². The van der Waals surface area contributed by atoms with Crippen LogP contribution in [0.5, 0.6) is 0 Å². The van der Waals surface area contributed by atoms with Crippen LogP contribution in [0.3, 0.4) is 0 Å². The first-order valence-electron chi connectivity index (χ1n) is 5.14. The highest BCUT2D eigenvalue weighted by atomic mass is 35.5. The van der Waals surface area contributed by atoms with Gasteiger partial charge in [0, 0.05) is 13.1 Å². The van der Waals surface area contributed by atoms with Crippen LogP contribution < -0.4 is 5.32 Å². The number of aliphatic hydroxyl groups excluding tert-OH is 1. The topological polar surface area (TPSA) is 41.5 Å². The fourth-order valence-electron chi connectivity index (χ4n) is 1.73. The molecule has 1 aromatic rings. The Kier molecular flexibility index (Phi) is 3.76. The fourth-order valence-corrected chi connectivity index (χ4v) is 1.85. The van der Waals surface area contributed by atoms with Crippen LogP contribution in [0.4, 0.5) is 4.39 Å². The van der Waals surface area contributed by atoms with E-state index in [1.165, 1.54) is 12.1 Å². The molecule has 88 valence electrons. The molecule has 5 heteroatoms. The molecule has 3 nitrogen and oxygen atoms in total. The van der Waals surface area contributed by atoms with Crippen molar-refractivity contribution in [2.75, 3.05) is 19.7 Å². The van der Waals surface area contributed by atoms with Crippen molar-refractivity contribution in [2.24, 2.45) is 0 Å². The summed E-state index contributed by atoms with van der Waals surface area (Å²) in [6.45, 7) is 1.62. The van der Waals surface area contributed by atoms with Crippen LogP contribution in [0.25, 0.3) is 0 Å². The second-order valence-electron chi connectivity index (χ2n) is 3.74. The molecular formula is C11H13ClFNO2. The van der Waals surface area contributed by atoms with Crippen molar-refractivity contribution in [3.8, 4) is 0 Å². The highest BCUT2D eigenvalue weighted by molar-refractivity contribution is 6.30. The number of β-amino-alcohol motifs (C(OH)–C–C–N with tert-alkyl or cyclic N) is 1. The monoisotopic (exact) mass is 245 g/mol. The third kappa shape index (κ3) is 2.52. The Balaban J connectivity index is 2.23. The third-order valence-corrected chi connectivity index (χ3v) is 2.86. The van der Waals surface area contributed by atoms with Crippen LogP contribution in [0.15, 0.2) is 18.2 Å². The maximum atomic E-state index is 13.3. The third-order valence-electron chi connectivity index (χ3n) is 2.55. The predicted molar refractivity (Wildman–Crippen MR) is 59.0 cm³/mol. The van der Waals surface area contributed by atoms with Gasteiger partial charge in [0.25, 0.3) is 0 Å². The zero-order valence-corrected chi connectivity index (χ0v) is 9.38. The molecule has 0 radical (unpaired) electrons. The number of ether oxygens (including phenoxy) is 1. The first-order chi connectivity index (χ1) is 7.68. The fraction of sp³-hybridized carbons (Fsp3) is 0.455. The standard InChI is InChI=1S/C11H13ClFNO2/c12-8-2-1-7(5-9(8)13)11-10(15)6-14-3-4-16-11/h1-2,5,10-11,14-15H,3-4,6H2/t10-,11+/m1/s1. The van der Waals surface area contributed by atoms with Crippen LogP contribution in [0, 0.1) is 5.82 Å². The number of hydrogen-bond acceptors (Lipinski definition) is 3. The first kappa shape index (κ1) is 11.8. The molecule has 0 bridgehead atoms. The van der Waals surface area contributed by atoms with Crippen molar-refractivity contribution < 1.29 is 14.2 Å². The molecule has 0 aromatic heterocycles. The summed E-state index contributed by atoms with van der Waals surface area (Å²) in [7, 11) is 0. The number of halogens is 2. The Morgan fingerprint density at radius 3 is 3.06 bits per heavy atom. The largest absolute Gasteiger partial charge is 0.389 e. The van der Waals surface area contributed by atoms with Gasteiger partial charge in [-0.3, -0.25) is 0 Å². The number of benzene rings is 1. The molecule has 1 aromatic carbocycles. The van der Waals surface area contributed by atoms with Crippen molar-refractivity contribution in [2.45, 2.75) is 12.2 Å². The molecule has 16 heavy (non-hydrogen) atoms. The molecule has 0 amide bonds. The highest BCUT2D eigenvalue weighted by Gasteiger charge is 2.24. The Hall–Kier alpha value is -0.680. The van der Waals surface area contributed by atoms with Crippen molar-refractivity contribution in [3.05, 3.63) is 34.6 Å². The van der Waals surface area contributed by atoms with Crippen molar-refractivity contribution in [1.29, 1.82) is 0 Å². The average Bonchev–Trinajstić information content (AvgIpc) is 2.47. The van der Waals surface area contributed by atoms with E-state index in [0.717, 1.165) is 0 Å². The summed E-state index contributed by atoms with van der Waals surface area (Å²) in [6, 6.07) is 4.45. The molecule has 2 rings (SSSR count). The Bertz CT molecular complexity index is 375. The molecule has 2 atom stereocenters. The quantitative estimate of drug-likeness (QED) is 0.788. The van der Waals surface area contributed by atoms with Gasteiger partial charge in [-0.15, -0.1) is 0 Å². The minimum Gasteiger partial charge on any atom is -0.389 e. The van der Waals surface area contributed by atoms with Gasteiger partial charge in [0.15, 0.2) is 0 Å². The Morgan fingerprint density at radius 1 is 1.50 bits per heavy atom. The van der Waals surface area contributed by atoms with Gasteiger partial charge in [0.05, 0.1) is 17.7 Å². The highest BCUT2D eigenvalue weighted by Crippen LogP contribution is 2.25. The van der Waals surface area contributed by atoms with E-state index in [9.17, 15) is 9.50 Å². The summed E-state index contributed by atoms with van der Waals surface area (Å²) < 4.78 is 18.8. The summed E-state index contributed by atoms with van der Waals surface area (Å²) in [6.07, 6.45) is -1.18. The van der Waals surface area contributed by atoms with Gasteiger partial charge in [-0.25, -0.2) is 4.39 Å². The lowest BCUT2D eigenvalue weighted by Crippen LogP contribution is -2.28. The van der Waals surface area contributed by atoms with E-state index in [2.05, 4.69) is 5.32 Å². The molecule has 2 N–H and O–H groups in total. The van der Waals surface area contributed by atoms with Crippen molar-refractivity contribution in [3.63, 3.8) is 0 Å². The van der Waals surface area contributed by atoms with E-state index < -0.39 is 18.0 Å². The molecule has 1 saturated heterocycles. The second-order valence-corrected chi connectivity index (χ2v) is 4.14. The minimum atomic E-state index is -0.678. The zero-order chi connectivity index (χ0) is 11.5. The average molecular weight is 246 g/mol. The number of aliphatic hydroxyl groups is 1. The summed E-state index contributed by atoms with van der Waals surface area (Å²) in [5.41, 5.74) is 0.609. The van der Waals surface area contributed by atoms with E-state index in [1.54, 1.807) is 6.07 Å². The van der Waals surface area contributed by atoms with E-state index in [0.29, 0.717) is 25.3 Å². The number of nitrogens with one attached hydrogen (secondary N) is 1. The Morgan fingerprint density at radius 2 is 2.31 bits per heavy atom. The van der Waals surface area contributed by atoms with E-state index in [1.807, 2.05) is 0 Å². The smallest absolute Gasteiger partial charge is 0.142 e. The van der Waals surface area contributed by atoms with Gasteiger partial charge < -0.3 is 15.2 Å². The maximum absolute atomic E-state index is 13.3. The first-order valence-corrected chi connectivity index (χ1v) is 5.51. The van der Waals surface area contributed by atoms with Gasteiger partial charge in [0.1, 0.15) is 11.9 Å². The van der Waals surface area contributed by atoms with E-state index >= 15 is 0 Å². The summed E-state index contributed by atoms with van der Waals surface area (Å²) in [4.78, 5) is 0. The van der Waals surface area contributed by atoms with Gasteiger partial charge in [-0.2, -0.15) is 0 Å². The summed E-state index contributed by atoms with van der Waals surface area (Å²) >= 11 is 5.60. The minimum absolute atomic E-state index is 0.0741. The second kappa shape index (κ2) is 5.10. The van der Waals surface area contributed by atoms with E-state index in [4.69, 9.17) is 16.3 Å². The maximum Gasteiger partial charge on any atom is 0.142 e. The van der Waals surface area contributed by atoms with E-state index in [-0.39, 0.29) is 5.02 Å². The van der Waals surface area contributed by atoms with Crippen LogP contribution in [-0.2, 0) is 4.74 Å². The van der Waals surface area contributed by atoms with Crippen LogP contribution in [-0.4, -0.2) is 30.9 Å². The van der Waals surface area contributed by atoms with Crippen molar-refractivity contribution >= 4 is 11.6 Å². The van der Waals surface area contributed by atoms with Crippen LogP contribution >= 0.6 is 11.6 Å². The molecule has 0 aliphatic carbocycles. The lowest BCUT2D eigenvalue weighted by Gasteiger charge is -2.20. The Labute approximate surface area is 98.2 Å². The van der Waals surface area contributed by atoms with Gasteiger partial charge in [-0.05, 0) is 17.7 Å². The molecule has 0 spiro atoms. The number of hydrogen-bond donors (Lipinski definition) is 2. The van der Waals surface area contributed by atoms with Gasteiger partial charge in [-0.1, -0.05) is 17.7 Å². The predicted octanol–water partition coefficient (Wildman–Crippen LogP) is 1.50. The van der Waals surface area contributed by atoms with Gasteiger partial charge >= 0.3 is 0 Å². The zero-order valence-electron chi connectivity index (χ0n) is 8.62. The molecule has 0 saturated carbocycles. The summed E-state index contributed by atoms with van der Waals surface area (Å²) in [5.74, 6) is -0.493. The number of rotatable bonds is 1. The molecule has 1 aliphatic heterocycles. The normalized spacial score (nSPS) is 26.4. The molecule has 1 heterocycles. The van der Waals surface area contributed by atoms with Gasteiger partial charge in [0.2, 0.25) is 0 Å². The molecule has 1 aliphatic rings. The lowest BCUT2D eigenvalue weighted by molar-refractivity contribution is -0.0200. The molecule has 1 fully saturated rings. The molecule has 0 unspecified atom stereocenters. The lowest BCUT2D eigenvalue weighted by atomic mass is 10.0. The molecular weight excluding hydrogens is 233 g/mol. The van der Waals surface area contributed by atoms with Crippen LogP contribution in [0.2, 0.25) is 5.02 Å². The SMILES string of the molecule is O[C@@H]1CNCCO[C@H]1c1ccc(Cl)c(F)c1. The summed E-state index contributed by atoms with van der Waals surface area (Å²) in [5, 5.41) is 12.9. The van der Waals surface area contributed by atoms with Crippen LogP contribution in [0.1, 0.15) is 11.7 Å².